The van der Waals surface area contributed by atoms with Crippen molar-refractivity contribution in [2.75, 3.05) is 0 Å². The lowest BCUT2D eigenvalue weighted by Gasteiger charge is -1.99. The van der Waals surface area contributed by atoms with Gasteiger partial charge in [0.25, 0.3) is 0 Å². The molecule has 0 aromatic carbocycles. The molecule has 1 aromatic rings. The van der Waals surface area contributed by atoms with E-state index in [1.807, 2.05) is 0 Å². The normalized spacial score (nSPS) is 11.1. The smallest absolute Gasteiger partial charge is 0.272 e. The first-order valence-electron chi connectivity index (χ1n) is 2.57. The highest BCUT2D eigenvalue weighted by Crippen LogP contribution is 2.27. The Bertz CT molecular complexity index is 293. The van der Waals surface area contributed by atoms with E-state index in [-0.39, 0.29) is 5.69 Å². The van der Waals surface area contributed by atoms with E-state index < -0.39 is 11.9 Å². The van der Waals surface area contributed by atoms with Gasteiger partial charge in [0.2, 0.25) is 0 Å². The Kier molecular flexibility index (Phi) is 1.57. The lowest BCUT2D eigenvalue weighted by molar-refractivity contribution is -0.141. The number of aromatic nitrogens is 2. The standard InChI is InChI=1S/C5H2F3N3/c6-5(7,8)4-1-3(2-9)10-11-4/h1H,(H,10,11). The Morgan fingerprint density at radius 3 is 2.45 bits per heavy atom. The third kappa shape index (κ3) is 1.49. The summed E-state index contributed by atoms with van der Waals surface area (Å²) < 4.78 is 35.3. The van der Waals surface area contributed by atoms with E-state index in [4.69, 9.17) is 5.26 Å². The van der Waals surface area contributed by atoms with Crippen molar-refractivity contribution in [3.8, 4) is 6.07 Å². The van der Waals surface area contributed by atoms with Crippen molar-refractivity contribution in [1.82, 2.24) is 10.2 Å². The summed E-state index contributed by atoms with van der Waals surface area (Å²) in [6.45, 7) is 0. The molecule has 1 rings (SSSR count). The Morgan fingerprint density at radius 1 is 1.55 bits per heavy atom. The van der Waals surface area contributed by atoms with Crippen molar-refractivity contribution >= 4 is 0 Å². The average Bonchev–Trinajstić information content (AvgIpc) is 2.32. The number of nitrogens with zero attached hydrogens (tertiary/aromatic N) is 2. The molecule has 58 valence electrons. The van der Waals surface area contributed by atoms with Gasteiger partial charge in [0.15, 0.2) is 5.69 Å². The van der Waals surface area contributed by atoms with Crippen LogP contribution in [-0.4, -0.2) is 10.2 Å². The third-order valence-corrected chi connectivity index (χ3v) is 0.998. The van der Waals surface area contributed by atoms with Gasteiger partial charge in [0.1, 0.15) is 11.8 Å². The third-order valence-electron chi connectivity index (χ3n) is 0.998. The quantitative estimate of drug-likeness (QED) is 0.623. The summed E-state index contributed by atoms with van der Waals surface area (Å²) in [6, 6.07) is 2.13. The van der Waals surface area contributed by atoms with E-state index in [0.717, 1.165) is 0 Å². The molecule has 0 unspecified atom stereocenters. The summed E-state index contributed by atoms with van der Waals surface area (Å²) >= 11 is 0. The van der Waals surface area contributed by atoms with Crippen LogP contribution >= 0.6 is 0 Å². The monoisotopic (exact) mass is 161 g/mol. The summed E-state index contributed by atoms with van der Waals surface area (Å²) in [5, 5.41) is 12.9. The second kappa shape index (κ2) is 2.27. The summed E-state index contributed by atoms with van der Waals surface area (Å²) in [5.41, 5.74) is -1.27. The highest BCUT2D eigenvalue weighted by Gasteiger charge is 2.32. The van der Waals surface area contributed by atoms with E-state index in [1.165, 1.54) is 6.07 Å². The predicted octanol–water partition coefficient (Wildman–Crippen LogP) is 1.30. The minimum absolute atomic E-state index is 0.266. The zero-order valence-electron chi connectivity index (χ0n) is 5.11. The number of alkyl halides is 3. The van der Waals surface area contributed by atoms with E-state index >= 15 is 0 Å². The number of H-pyrrole nitrogens is 1. The van der Waals surface area contributed by atoms with Crippen molar-refractivity contribution in [2.45, 2.75) is 6.18 Å². The molecule has 0 radical (unpaired) electrons. The number of hydrogen-bond donors (Lipinski definition) is 1. The molecule has 0 aliphatic heterocycles. The fraction of sp³-hybridized carbons (Fsp3) is 0.200. The molecule has 1 aromatic heterocycles. The van der Waals surface area contributed by atoms with Crippen molar-refractivity contribution in [3.63, 3.8) is 0 Å². The molecule has 3 nitrogen and oxygen atoms in total. The van der Waals surface area contributed by atoms with Gasteiger partial charge in [-0.25, -0.2) is 0 Å². The zero-order valence-corrected chi connectivity index (χ0v) is 5.11. The Hall–Kier alpha value is -1.51. The highest BCUT2D eigenvalue weighted by atomic mass is 19.4. The maximum Gasteiger partial charge on any atom is 0.432 e. The van der Waals surface area contributed by atoms with Crippen LogP contribution in [0.1, 0.15) is 11.4 Å². The number of nitriles is 1. The molecule has 0 atom stereocenters. The second-order valence-electron chi connectivity index (χ2n) is 1.78. The van der Waals surface area contributed by atoms with Gasteiger partial charge >= 0.3 is 6.18 Å². The fourth-order valence-electron chi connectivity index (χ4n) is 0.524. The molecule has 0 aliphatic rings. The minimum Gasteiger partial charge on any atom is -0.272 e. The SMILES string of the molecule is N#Cc1cc(C(F)(F)F)[nH]n1. The second-order valence-corrected chi connectivity index (χ2v) is 1.78. The van der Waals surface area contributed by atoms with Crippen LogP contribution in [0.5, 0.6) is 0 Å². The maximum absolute atomic E-state index is 11.8. The molecule has 0 fully saturated rings. The van der Waals surface area contributed by atoms with Crippen LogP contribution in [0.2, 0.25) is 0 Å². The van der Waals surface area contributed by atoms with Gasteiger partial charge in [-0.15, -0.1) is 0 Å². The number of hydrogen-bond acceptors (Lipinski definition) is 2. The van der Waals surface area contributed by atoms with Crippen molar-refractivity contribution < 1.29 is 13.2 Å². The molecule has 0 amide bonds. The number of halogens is 3. The van der Waals surface area contributed by atoms with E-state index in [0.29, 0.717) is 6.07 Å². The van der Waals surface area contributed by atoms with Crippen LogP contribution in [0.15, 0.2) is 6.07 Å². The number of rotatable bonds is 0. The predicted molar refractivity (Wildman–Crippen MR) is 28.3 cm³/mol. The summed E-state index contributed by atoms with van der Waals surface area (Å²) in [4.78, 5) is 0. The molecule has 6 heteroatoms. The van der Waals surface area contributed by atoms with Gasteiger partial charge in [0, 0.05) is 6.07 Å². The topological polar surface area (TPSA) is 52.5 Å². The lowest BCUT2D eigenvalue weighted by Crippen LogP contribution is -2.04. The summed E-state index contributed by atoms with van der Waals surface area (Å²) in [7, 11) is 0. The van der Waals surface area contributed by atoms with Crippen molar-refractivity contribution in [1.29, 1.82) is 5.26 Å². The molecule has 0 saturated heterocycles. The average molecular weight is 161 g/mol. The fourth-order valence-corrected chi connectivity index (χ4v) is 0.524. The van der Waals surface area contributed by atoms with Crippen LogP contribution in [0.4, 0.5) is 13.2 Å². The molecular formula is C5H2F3N3. The van der Waals surface area contributed by atoms with Crippen molar-refractivity contribution in [2.24, 2.45) is 0 Å². The van der Waals surface area contributed by atoms with Gasteiger partial charge in [-0.3, -0.25) is 5.10 Å². The van der Waals surface area contributed by atoms with Crippen LogP contribution in [0, 0.1) is 11.3 Å². The van der Waals surface area contributed by atoms with Crippen LogP contribution in [0.3, 0.4) is 0 Å². The maximum atomic E-state index is 11.8. The first kappa shape index (κ1) is 7.60. The van der Waals surface area contributed by atoms with E-state index in [1.54, 1.807) is 5.10 Å². The molecule has 11 heavy (non-hydrogen) atoms. The van der Waals surface area contributed by atoms with Gasteiger partial charge in [-0.1, -0.05) is 0 Å². The molecule has 0 aliphatic carbocycles. The molecule has 0 bridgehead atoms. The van der Waals surface area contributed by atoms with Crippen LogP contribution in [0.25, 0.3) is 0 Å². The zero-order chi connectivity index (χ0) is 8.48. The molecule has 1 N–H and O–H groups in total. The number of aromatic amines is 1. The first-order valence-corrected chi connectivity index (χ1v) is 2.57. The van der Waals surface area contributed by atoms with Gasteiger partial charge in [-0.2, -0.15) is 23.5 Å². The summed E-state index contributed by atoms with van der Waals surface area (Å²) in [5.74, 6) is 0. The van der Waals surface area contributed by atoms with Gasteiger partial charge in [-0.05, 0) is 0 Å². The number of nitrogens with one attached hydrogen (secondary N) is 1. The van der Waals surface area contributed by atoms with Gasteiger partial charge in [0.05, 0.1) is 0 Å². The van der Waals surface area contributed by atoms with E-state index in [9.17, 15) is 13.2 Å². The minimum atomic E-state index is -4.46. The largest absolute Gasteiger partial charge is 0.432 e. The Labute approximate surface area is 59.4 Å². The molecule has 0 spiro atoms. The highest BCUT2D eigenvalue weighted by molar-refractivity contribution is 5.22. The van der Waals surface area contributed by atoms with Crippen molar-refractivity contribution in [3.05, 3.63) is 17.5 Å². The van der Waals surface area contributed by atoms with E-state index in [2.05, 4.69) is 5.10 Å². The van der Waals surface area contributed by atoms with Crippen LogP contribution < -0.4 is 0 Å². The van der Waals surface area contributed by atoms with Crippen LogP contribution in [-0.2, 0) is 6.18 Å². The lowest BCUT2D eigenvalue weighted by atomic mass is 10.4. The Morgan fingerprint density at radius 2 is 2.18 bits per heavy atom. The Balaban J connectivity index is 3.01. The molecule has 0 saturated carbocycles. The molecular weight excluding hydrogens is 159 g/mol. The first-order chi connectivity index (χ1) is 5.04. The summed E-state index contributed by atoms with van der Waals surface area (Å²) in [6.07, 6.45) is -4.46. The molecule has 1 heterocycles. The van der Waals surface area contributed by atoms with Gasteiger partial charge < -0.3 is 0 Å².